The summed E-state index contributed by atoms with van der Waals surface area (Å²) in [5.74, 6) is 0.697. The molecule has 2 fully saturated rings. The third kappa shape index (κ3) is 4.06. The molecule has 0 bridgehead atoms. The van der Waals surface area contributed by atoms with Gasteiger partial charge in [-0.15, -0.1) is 0 Å². The van der Waals surface area contributed by atoms with Crippen LogP contribution >= 0.6 is 0 Å². The van der Waals surface area contributed by atoms with Crippen molar-refractivity contribution in [1.29, 1.82) is 5.26 Å². The van der Waals surface area contributed by atoms with E-state index in [0.29, 0.717) is 50.8 Å². The Kier molecular flexibility index (Phi) is 5.79. The fourth-order valence-corrected chi connectivity index (χ4v) is 5.18. The van der Waals surface area contributed by atoms with E-state index in [9.17, 15) is 13.7 Å². The maximum Gasteiger partial charge on any atom is 0.243 e. The van der Waals surface area contributed by atoms with Crippen molar-refractivity contribution in [3.63, 3.8) is 0 Å². The number of hydrogen-bond donors (Lipinski definition) is 0. The summed E-state index contributed by atoms with van der Waals surface area (Å²) in [5.41, 5.74) is 0.810. The Morgan fingerprint density at radius 1 is 1.10 bits per heavy atom. The van der Waals surface area contributed by atoms with Crippen LogP contribution in [0.3, 0.4) is 0 Å². The minimum absolute atomic E-state index is 0.0125. The van der Waals surface area contributed by atoms with Crippen LogP contribution < -0.4 is 4.90 Å². The van der Waals surface area contributed by atoms with Crippen molar-refractivity contribution in [3.8, 4) is 17.5 Å². The molecule has 0 amide bonds. The predicted molar refractivity (Wildman–Crippen MR) is 108 cm³/mol. The number of oxazole rings is 1. The molecule has 160 valence electrons. The van der Waals surface area contributed by atoms with Crippen LogP contribution in [0.15, 0.2) is 33.6 Å². The van der Waals surface area contributed by atoms with Gasteiger partial charge in [0, 0.05) is 31.7 Å². The second-order valence-corrected chi connectivity index (χ2v) is 9.43. The molecule has 10 heteroatoms. The van der Waals surface area contributed by atoms with Crippen molar-refractivity contribution in [2.75, 3.05) is 44.3 Å². The fraction of sp³-hybridized carbons (Fsp3) is 0.500. The number of sulfonamides is 1. The van der Waals surface area contributed by atoms with Crippen LogP contribution in [0.2, 0.25) is 0 Å². The second kappa shape index (κ2) is 8.35. The molecule has 1 aromatic carbocycles. The van der Waals surface area contributed by atoms with Crippen molar-refractivity contribution in [1.82, 2.24) is 9.29 Å². The first-order valence-electron chi connectivity index (χ1n) is 9.88. The van der Waals surface area contributed by atoms with E-state index >= 15 is 0 Å². The summed E-state index contributed by atoms with van der Waals surface area (Å²) in [6, 6.07) is 8.46. The van der Waals surface area contributed by atoms with Gasteiger partial charge in [0.1, 0.15) is 6.07 Å². The molecule has 0 N–H and O–H groups in total. The quantitative estimate of drug-likeness (QED) is 0.720. The van der Waals surface area contributed by atoms with Gasteiger partial charge in [0.25, 0.3) is 0 Å². The van der Waals surface area contributed by atoms with E-state index in [2.05, 4.69) is 11.1 Å². The van der Waals surface area contributed by atoms with Crippen LogP contribution in [0, 0.1) is 11.3 Å². The first-order valence-corrected chi connectivity index (χ1v) is 11.3. The minimum Gasteiger partial charge on any atom is -0.419 e. The second-order valence-electron chi connectivity index (χ2n) is 7.49. The average Bonchev–Trinajstić information content (AvgIpc) is 3.18. The highest BCUT2D eigenvalue weighted by molar-refractivity contribution is 7.89. The molecule has 1 aromatic heterocycles. The van der Waals surface area contributed by atoms with Gasteiger partial charge < -0.3 is 18.8 Å². The number of nitrogens with zero attached hydrogens (tertiary/aromatic N) is 4. The van der Waals surface area contributed by atoms with Crippen molar-refractivity contribution >= 4 is 15.9 Å². The number of anilines is 1. The number of benzene rings is 1. The van der Waals surface area contributed by atoms with E-state index < -0.39 is 10.0 Å². The largest absolute Gasteiger partial charge is 0.419 e. The highest BCUT2D eigenvalue weighted by Gasteiger charge is 2.29. The molecule has 0 unspecified atom stereocenters. The summed E-state index contributed by atoms with van der Waals surface area (Å²) < 4.78 is 43.9. The topological polar surface area (TPSA) is 109 Å². The monoisotopic (exact) mass is 432 g/mol. The highest BCUT2D eigenvalue weighted by atomic mass is 32.2. The molecule has 2 saturated heterocycles. The third-order valence-corrected chi connectivity index (χ3v) is 7.04. The number of nitriles is 1. The van der Waals surface area contributed by atoms with Crippen molar-refractivity contribution < 1.29 is 22.3 Å². The Morgan fingerprint density at radius 3 is 2.33 bits per heavy atom. The van der Waals surface area contributed by atoms with Crippen LogP contribution in [0.4, 0.5) is 5.88 Å². The Balaban J connectivity index is 1.59. The number of morpholine rings is 2. The van der Waals surface area contributed by atoms with Gasteiger partial charge in [0.15, 0.2) is 0 Å². The van der Waals surface area contributed by atoms with E-state index in [0.717, 1.165) is 0 Å². The lowest BCUT2D eigenvalue weighted by Crippen LogP contribution is -2.45. The molecule has 0 spiro atoms. The summed E-state index contributed by atoms with van der Waals surface area (Å²) in [6.07, 6.45) is 0.0250. The van der Waals surface area contributed by atoms with Gasteiger partial charge in [-0.2, -0.15) is 14.6 Å². The van der Waals surface area contributed by atoms with Crippen LogP contribution in [-0.4, -0.2) is 69.3 Å². The lowest BCUT2D eigenvalue weighted by Gasteiger charge is -2.34. The Morgan fingerprint density at radius 2 is 1.73 bits per heavy atom. The molecule has 2 atom stereocenters. The van der Waals surface area contributed by atoms with Gasteiger partial charge in [-0.3, -0.25) is 0 Å². The first-order chi connectivity index (χ1) is 14.4. The Bertz CT molecular complexity index is 1030. The van der Waals surface area contributed by atoms with E-state index in [1.807, 2.05) is 18.7 Å². The van der Waals surface area contributed by atoms with E-state index in [1.54, 1.807) is 12.1 Å². The molecule has 2 aromatic rings. The SMILES string of the molecule is C[C@@H]1CN(c2oc(-c3ccc(S(=O)(=O)N4CCOCC4)cc3)nc2C#N)C[C@H](C)O1. The van der Waals surface area contributed by atoms with Gasteiger partial charge in [0.2, 0.25) is 27.5 Å². The molecule has 0 saturated carbocycles. The molecule has 3 heterocycles. The molecule has 2 aliphatic rings. The highest BCUT2D eigenvalue weighted by Crippen LogP contribution is 2.31. The van der Waals surface area contributed by atoms with Crippen molar-refractivity contribution in [2.24, 2.45) is 0 Å². The summed E-state index contributed by atoms with van der Waals surface area (Å²) in [6.45, 7) is 6.62. The molecular formula is C20H24N4O5S. The van der Waals surface area contributed by atoms with Gasteiger partial charge in [-0.05, 0) is 38.1 Å². The zero-order valence-corrected chi connectivity index (χ0v) is 17.8. The van der Waals surface area contributed by atoms with Gasteiger partial charge in [-0.25, -0.2) is 8.42 Å². The first kappa shape index (κ1) is 20.8. The maximum absolute atomic E-state index is 12.8. The van der Waals surface area contributed by atoms with Crippen LogP contribution in [0.5, 0.6) is 0 Å². The standard InChI is InChI=1S/C20H24N4O5S/c1-14-12-23(13-15(2)28-14)20-18(11-21)22-19(29-20)16-3-5-17(6-4-16)30(25,26)24-7-9-27-10-8-24/h3-6,14-15H,7-10,12-13H2,1-2H3/t14-,15+. The summed E-state index contributed by atoms with van der Waals surface area (Å²) in [4.78, 5) is 6.49. The van der Waals surface area contributed by atoms with E-state index in [-0.39, 0.29) is 28.7 Å². The maximum atomic E-state index is 12.8. The average molecular weight is 433 g/mol. The molecule has 0 aliphatic carbocycles. The van der Waals surface area contributed by atoms with Crippen LogP contribution in [0.1, 0.15) is 19.5 Å². The zero-order valence-electron chi connectivity index (χ0n) is 16.9. The molecule has 2 aliphatic heterocycles. The number of hydrogen-bond acceptors (Lipinski definition) is 8. The van der Waals surface area contributed by atoms with Gasteiger partial charge in [-0.1, -0.05) is 0 Å². The Hall–Kier alpha value is -2.45. The van der Waals surface area contributed by atoms with Gasteiger partial charge >= 0.3 is 0 Å². The fourth-order valence-electron chi connectivity index (χ4n) is 3.77. The summed E-state index contributed by atoms with van der Waals surface area (Å²) in [7, 11) is -3.57. The predicted octanol–water partition coefficient (Wildman–Crippen LogP) is 1.85. The number of ether oxygens (including phenoxy) is 2. The van der Waals surface area contributed by atoms with Crippen LogP contribution in [-0.2, 0) is 19.5 Å². The van der Waals surface area contributed by atoms with Crippen molar-refractivity contribution in [2.45, 2.75) is 31.0 Å². The van der Waals surface area contributed by atoms with E-state index in [4.69, 9.17) is 13.9 Å². The molecule has 9 nitrogen and oxygen atoms in total. The van der Waals surface area contributed by atoms with Crippen LogP contribution in [0.25, 0.3) is 11.5 Å². The Labute approximate surface area is 175 Å². The summed E-state index contributed by atoms with van der Waals surface area (Å²) >= 11 is 0. The normalized spacial score (nSPS) is 23.3. The molecule has 4 rings (SSSR count). The number of rotatable bonds is 4. The summed E-state index contributed by atoms with van der Waals surface area (Å²) in [5, 5.41) is 9.51. The van der Waals surface area contributed by atoms with Crippen molar-refractivity contribution in [3.05, 3.63) is 30.0 Å². The number of aromatic nitrogens is 1. The zero-order chi connectivity index (χ0) is 21.3. The molecular weight excluding hydrogens is 408 g/mol. The molecule has 0 radical (unpaired) electrons. The molecule has 30 heavy (non-hydrogen) atoms. The lowest BCUT2D eigenvalue weighted by atomic mass is 10.2. The third-order valence-electron chi connectivity index (χ3n) is 5.13. The smallest absolute Gasteiger partial charge is 0.243 e. The lowest BCUT2D eigenvalue weighted by molar-refractivity contribution is -0.00638. The minimum atomic E-state index is -3.57. The van der Waals surface area contributed by atoms with E-state index in [1.165, 1.54) is 16.4 Å². The van der Waals surface area contributed by atoms with Gasteiger partial charge in [0.05, 0.1) is 30.3 Å².